The van der Waals surface area contributed by atoms with Crippen molar-refractivity contribution in [2.24, 2.45) is 17.8 Å². The predicted octanol–water partition coefficient (Wildman–Crippen LogP) is -1.96. The van der Waals surface area contributed by atoms with Crippen LogP contribution in [0.5, 0.6) is 0 Å². The molecule has 4 aliphatic rings. The summed E-state index contributed by atoms with van der Waals surface area (Å²) in [6.07, 6.45) is -8.69. The third-order valence-corrected chi connectivity index (χ3v) is 7.84. The van der Waals surface area contributed by atoms with Gasteiger partial charge in [-0.3, -0.25) is 4.79 Å². The molecule has 14 heteroatoms. The Bertz CT molecular complexity index is 937. The molecule has 0 amide bonds. The van der Waals surface area contributed by atoms with Gasteiger partial charge in [0.25, 0.3) is 0 Å². The molecule has 0 aromatic carbocycles. The first-order chi connectivity index (χ1) is 19.5. The van der Waals surface area contributed by atoms with E-state index in [-0.39, 0.29) is 44.5 Å². The molecule has 12 unspecified atom stereocenters. The number of hydrogen-bond acceptors (Lipinski definition) is 14. The van der Waals surface area contributed by atoms with E-state index in [1.807, 2.05) is 19.9 Å². The fourth-order valence-corrected chi connectivity index (χ4v) is 5.56. The number of carbonyl (C=O) groups excluding carboxylic acids is 1. The van der Waals surface area contributed by atoms with E-state index in [1.165, 1.54) is 6.26 Å². The Balaban J connectivity index is 1.34. The summed E-state index contributed by atoms with van der Waals surface area (Å²) in [7, 11) is 0. The van der Waals surface area contributed by atoms with Gasteiger partial charge in [0.05, 0.1) is 50.8 Å². The van der Waals surface area contributed by atoms with Gasteiger partial charge in [0.2, 0.25) is 6.29 Å². The number of esters is 1. The number of aliphatic hydroxyl groups excluding tert-OH is 7. The fraction of sp³-hybridized carbons (Fsp3) is 0.815. The maximum Gasteiger partial charge on any atom is 0.309 e. The molecule has 1 aliphatic carbocycles. The van der Waals surface area contributed by atoms with E-state index in [0.29, 0.717) is 17.6 Å². The van der Waals surface area contributed by atoms with Crippen LogP contribution in [0.1, 0.15) is 33.1 Å². The molecule has 3 aliphatic heterocycles. The second-order valence-corrected chi connectivity index (χ2v) is 11.4. The lowest BCUT2D eigenvalue weighted by atomic mass is 9.84. The minimum Gasteiger partial charge on any atom is -0.462 e. The number of aliphatic hydroxyl groups is 7. The van der Waals surface area contributed by atoms with Gasteiger partial charge in [0.15, 0.2) is 12.6 Å². The summed E-state index contributed by atoms with van der Waals surface area (Å²) in [5.74, 6) is -0.867. The molecule has 4 rings (SSSR count). The number of hydrogen-bond donors (Lipinski definition) is 7. The van der Waals surface area contributed by atoms with Crippen LogP contribution in [0.4, 0.5) is 0 Å². The van der Waals surface area contributed by atoms with Crippen LogP contribution in [0.15, 0.2) is 23.5 Å². The van der Waals surface area contributed by atoms with Gasteiger partial charge in [-0.2, -0.15) is 0 Å². The van der Waals surface area contributed by atoms with Gasteiger partial charge < -0.3 is 64.2 Å². The number of carbonyl (C=O) groups is 1. The first-order valence-corrected chi connectivity index (χ1v) is 13.9. The Morgan fingerprint density at radius 1 is 0.951 bits per heavy atom. The number of rotatable bonds is 11. The van der Waals surface area contributed by atoms with Crippen LogP contribution in [0.2, 0.25) is 0 Å². The smallest absolute Gasteiger partial charge is 0.309 e. The van der Waals surface area contributed by atoms with Crippen molar-refractivity contribution >= 4 is 5.97 Å². The highest BCUT2D eigenvalue weighted by Crippen LogP contribution is 2.43. The summed E-state index contributed by atoms with van der Waals surface area (Å²) in [5, 5.41) is 70.2. The normalized spacial score (nSPS) is 40.9. The SMILES string of the molecule is CC(C)CC(=O)OC1OC=C(COC2OC(COC3OC(CO)C(O)C(O)C3O)CC(O)C2O)C2CC=C(CO)C12. The van der Waals surface area contributed by atoms with E-state index in [4.69, 9.17) is 28.4 Å². The van der Waals surface area contributed by atoms with Crippen LogP contribution >= 0.6 is 0 Å². The third kappa shape index (κ3) is 7.46. The highest BCUT2D eigenvalue weighted by atomic mass is 16.7. The van der Waals surface area contributed by atoms with Crippen LogP contribution in [-0.2, 0) is 33.2 Å². The van der Waals surface area contributed by atoms with Crippen molar-refractivity contribution < 1.29 is 69.0 Å². The van der Waals surface area contributed by atoms with Crippen LogP contribution in [0, 0.1) is 17.8 Å². The van der Waals surface area contributed by atoms with Crippen molar-refractivity contribution in [3.05, 3.63) is 23.5 Å². The highest BCUT2D eigenvalue weighted by Gasteiger charge is 2.46. The molecule has 0 spiro atoms. The van der Waals surface area contributed by atoms with E-state index in [2.05, 4.69) is 0 Å². The van der Waals surface area contributed by atoms with Gasteiger partial charge in [-0.05, 0) is 23.5 Å². The Hall–Kier alpha value is -1.69. The second kappa shape index (κ2) is 14.2. The molecule has 3 heterocycles. The van der Waals surface area contributed by atoms with Crippen LogP contribution in [0.3, 0.4) is 0 Å². The van der Waals surface area contributed by atoms with Gasteiger partial charge in [-0.15, -0.1) is 0 Å². The van der Waals surface area contributed by atoms with Gasteiger partial charge in [-0.1, -0.05) is 19.9 Å². The topological polar surface area (TPSA) is 214 Å². The Kier molecular flexibility index (Phi) is 11.2. The summed E-state index contributed by atoms with van der Waals surface area (Å²) in [4.78, 5) is 12.3. The van der Waals surface area contributed by atoms with E-state index in [1.54, 1.807) is 0 Å². The van der Waals surface area contributed by atoms with Gasteiger partial charge in [0, 0.05) is 18.8 Å². The zero-order valence-electron chi connectivity index (χ0n) is 23.1. The molecule has 12 atom stereocenters. The van der Waals surface area contributed by atoms with Gasteiger partial charge in [-0.25, -0.2) is 0 Å². The van der Waals surface area contributed by atoms with Crippen LogP contribution in [-0.4, -0.2) is 130 Å². The van der Waals surface area contributed by atoms with Crippen LogP contribution < -0.4 is 0 Å². The summed E-state index contributed by atoms with van der Waals surface area (Å²) < 4.78 is 33.8. The first kappa shape index (κ1) is 32.2. The molecule has 0 bridgehead atoms. The summed E-state index contributed by atoms with van der Waals surface area (Å²) in [6, 6.07) is 0. The molecule has 2 fully saturated rings. The summed E-state index contributed by atoms with van der Waals surface area (Å²) >= 11 is 0. The molecule has 0 radical (unpaired) electrons. The van der Waals surface area contributed by atoms with Crippen molar-refractivity contribution in [1.29, 1.82) is 0 Å². The van der Waals surface area contributed by atoms with Crippen molar-refractivity contribution in [1.82, 2.24) is 0 Å². The largest absolute Gasteiger partial charge is 0.462 e. The monoisotopic (exact) mass is 590 g/mol. The van der Waals surface area contributed by atoms with E-state index >= 15 is 0 Å². The molecule has 14 nitrogen and oxygen atoms in total. The first-order valence-electron chi connectivity index (χ1n) is 13.9. The summed E-state index contributed by atoms with van der Waals surface area (Å²) in [6.45, 7) is 2.71. The minimum atomic E-state index is -1.61. The molecule has 234 valence electrons. The Labute approximate surface area is 237 Å². The fourth-order valence-electron chi connectivity index (χ4n) is 5.56. The van der Waals surface area contributed by atoms with E-state index in [9.17, 15) is 40.5 Å². The van der Waals surface area contributed by atoms with Crippen LogP contribution in [0.25, 0.3) is 0 Å². The average Bonchev–Trinajstić information content (AvgIpc) is 3.37. The molecule has 7 N–H and O–H groups in total. The molecule has 2 saturated heterocycles. The summed E-state index contributed by atoms with van der Waals surface area (Å²) in [5.41, 5.74) is 1.38. The lowest BCUT2D eigenvalue weighted by Gasteiger charge is -2.41. The average molecular weight is 591 g/mol. The van der Waals surface area contributed by atoms with Gasteiger partial charge in [0.1, 0.15) is 30.5 Å². The Morgan fingerprint density at radius 2 is 1.68 bits per heavy atom. The molecule has 0 saturated carbocycles. The number of fused-ring (bicyclic) bond motifs is 1. The van der Waals surface area contributed by atoms with E-state index in [0.717, 1.165) is 0 Å². The second-order valence-electron chi connectivity index (χ2n) is 11.4. The van der Waals surface area contributed by atoms with Crippen molar-refractivity contribution in [3.63, 3.8) is 0 Å². The zero-order chi connectivity index (χ0) is 29.8. The Morgan fingerprint density at radius 3 is 2.37 bits per heavy atom. The molecular weight excluding hydrogens is 548 g/mol. The van der Waals surface area contributed by atoms with Crippen molar-refractivity contribution in [2.45, 2.75) is 94.7 Å². The lowest BCUT2D eigenvalue weighted by Crippen LogP contribution is -2.59. The molecule has 0 aromatic rings. The highest BCUT2D eigenvalue weighted by molar-refractivity contribution is 5.69. The van der Waals surface area contributed by atoms with Crippen molar-refractivity contribution in [2.75, 3.05) is 26.4 Å². The van der Waals surface area contributed by atoms with Gasteiger partial charge >= 0.3 is 5.97 Å². The van der Waals surface area contributed by atoms with Crippen molar-refractivity contribution in [3.8, 4) is 0 Å². The minimum absolute atomic E-state index is 0.0256. The quantitative estimate of drug-likeness (QED) is 0.103. The molecule has 0 aromatic heterocycles. The lowest BCUT2D eigenvalue weighted by molar-refractivity contribution is -0.318. The van der Waals surface area contributed by atoms with E-state index < -0.39 is 80.1 Å². The molecular formula is C27H42O14. The zero-order valence-corrected chi connectivity index (χ0v) is 23.1. The molecule has 41 heavy (non-hydrogen) atoms. The maximum absolute atomic E-state index is 12.3. The predicted molar refractivity (Wildman–Crippen MR) is 136 cm³/mol. The standard InChI is InChI=1S/C27H42O14/c1-12(2)5-19(31)41-25-20-13(7-28)3-4-16(20)14(9-36-25)10-37-26-21(32)17(30)6-15(39-26)11-38-27-24(35)23(34)22(33)18(8-29)40-27/h3,9,12,15-18,20-30,32-35H,4-8,10-11H2,1-2H3. The number of ether oxygens (including phenoxy) is 6. The number of allylic oxidation sites excluding steroid dienone is 1. The maximum atomic E-state index is 12.3. The third-order valence-electron chi connectivity index (χ3n) is 7.84.